The average molecular weight is 334 g/mol. The molecule has 1 aromatic rings. The van der Waals surface area contributed by atoms with Gasteiger partial charge in [0, 0.05) is 18.7 Å². The van der Waals surface area contributed by atoms with E-state index in [9.17, 15) is 23.4 Å². The Bertz CT molecular complexity index is 527. The van der Waals surface area contributed by atoms with Crippen molar-refractivity contribution in [3.05, 3.63) is 23.9 Å². The molecule has 0 unspecified atom stereocenters. The van der Waals surface area contributed by atoms with Crippen LogP contribution in [0.2, 0.25) is 0 Å². The number of alkyl halides is 3. The number of aliphatic hydroxyl groups is 2. The Morgan fingerprint density at radius 3 is 2.61 bits per heavy atom. The van der Waals surface area contributed by atoms with Crippen LogP contribution in [0.15, 0.2) is 18.2 Å². The van der Waals surface area contributed by atoms with E-state index in [1.165, 1.54) is 12.1 Å². The summed E-state index contributed by atoms with van der Waals surface area (Å²) < 4.78 is 43.4. The normalized spacial score (nSPS) is 29.5. The molecule has 1 aromatic heterocycles. The number of aliphatic hydroxyl groups excluding tert-OH is 2. The van der Waals surface area contributed by atoms with Gasteiger partial charge >= 0.3 is 6.18 Å². The number of hydrogen-bond acceptors (Lipinski definition) is 5. The SMILES string of the molecule is CCC[C@@H]1[C@H](O)[C@H](O)[C@@H](Oc2cccc(C(F)(F)F)n2)CN1C. The smallest absolute Gasteiger partial charge is 0.433 e. The minimum Gasteiger partial charge on any atom is -0.470 e. The van der Waals surface area contributed by atoms with Crippen molar-refractivity contribution >= 4 is 0 Å². The number of pyridine rings is 1. The first-order chi connectivity index (χ1) is 10.7. The molecule has 0 spiro atoms. The lowest BCUT2D eigenvalue weighted by molar-refractivity contribution is -0.142. The molecule has 4 atom stereocenters. The summed E-state index contributed by atoms with van der Waals surface area (Å²) in [5.41, 5.74) is -1.06. The van der Waals surface area contributed by atoms with Gasteiger partial charge < -0.3 is 14.9 Å². The Hall–Kier alpha value is -1.38. The second-order valence-electron chi connectivity index (χ2n) is 5.79. The van der Waals surface area contributed by atoms with Gasteiger partial charge in [0.25, 0.3) is 0 Å². The third-order valence-corrected chi connectivity index (χ3v) is 4.03. The minimum atomic E-state index is -4.56. The maximum absolute atomic E-state index is 12.7. The minimum absolute atomic E-state index is 0.204. The van der Waals surface area contributed by atoms with Crippen molar-refractivity contribution in [3.63, 3.8) is 0 Å². The van der Waals surface area contributed by atoms with Crippen LogP contribution in [0, 0.1) is 0 Å². The molecule has 23 heavy (non-hydrogen) atoms. The number of likely N-dealkylation sites (tertiary alicyclic amines) is 1. The second-order valence-corrected chi connectivity index (χ2v) is 5.79. The first-order valence-electron chi connectivity index (χ1n) is 7.51. The fraction of sp³-hybridized carbons (Fsp3) is 0.667. The molecular weight excluding hydrogens is 313 g/mol. The predicted molar refractivity (Wildman–Crippen MR) is 77.0 cm³/mol. The summed E-state index contributed by atoms with van der Waals surface area (Å²) in [5, 5.41) is 20.4. The first-order valence-corrected chi connectivity index (χ1v) is 7.51. The zero-order valence-corrected chi connectivity index (χ0v) is 13.0. The number of nitrogens with zero attached hydrogens (tertiary/aromatic N) is 2. The molecule has 1 aliphatic rings. The van der Waals surface area contributed by atoms with E-state index in [0.717, 1.165) is 12.5 Å². The maximum Gasteiger partial charge on any atom is 0.433 e. The van der Waals surface area contributed by atoms with E-state index in [2.05, 4.69) is 4.98 Å². The average Bonchev–Trinajstić information content (AvgIpc) is 2.48. The standard InChI is InChI=1S/C15H21F3N2O3/c1-3-5-9-13(21)14(22)10(8-20(9)2)23-12-7-4-6-11(19-12)15(16,17)18/h4,6-7,9-10,13-14,21-22H,3,5,8H2,1-2H3/t9-,10+,13+,14-/m1/s1. The van der Waals surface area contributed by atoms with Crippen LogP contribution in [0.1, 0.15) is 25.5 Å². The third kappa shape index (κ3) is 4.13. The Balaban J connectivity index is 2.11. The van der Waals surface area contributed by atoms with E-state index in [1.54, 1.807) is 7.05 Å². The molecule has 0 bridgehead atoms. The monoisotopic (exact) mass is 334 g/mol. The van der Waals surface area contributed by atoms with E-state index in [0.29, 0.717) is 13.0 Å². The molecule has 1 fully saturated rings. The van der Waals surface area contributed by atoms with Crippen LogP contribution in [0.4, 0.5) is 13.2 Å². The predicted octanol–water partition coefficient (Wildman–Crippen LogP) is 1.68. The zero-order chi connectivity index (χ0) is 17.2. The fourth-order valence-electron chi connectivity index (χ4n) is 2.82. The van der Waals surface area contributed by atoms with Crippen molar-refractivity contribution < 1.29 is 28.1 Å². The van der Waals surface area contributed by atoms with Crippen molar-refractivity contribution in [2.45, 2.75) is 50.3 Å². The summed E-state index contributed by atoms with van der Waals surface area (Å²) in [6.45, 7) is 2.27. The number of ether oxygens (including phenoxy) is 1. The van der Waals surface area contributed by atoms with Gasteiger partial charge in [-0.25, -0.2) is 4.98 Å². The fourth-order valence-corrected chi connectivity index (χ4v) is 2.82. The molecule has 0 aromatic carbocycles. The van der Waals surface area contributed by atoms with Crippen molar-refractivity contribution in [1.82, 2.24) is 9.88 Å². The van der Waals surface area contributed by atoms with E-state index in [4.69, 9.17) is 4.74 Å². The third-order valence-electron chi connectivity index (χ3n) is 4.03. The molecule has 5 nitrogen and oxygen atoms in total. The molecule has 1 aliphatic heterocycles. The van der Waals surface area contributed by atoms with Crippen molar-refractivity contribution in [2.24, 2.45) is 0 Å². The zero-order valence-electron chi connectivity index (χ0n) is 13.0. The van der Waals surface area contributed by atoms with Gasteiger partial charge in [0.1, 0.15) is 17.9 Å². The Labute approximate surface area is 132 Å². The largest absolute Gasteiger partial charge is 0.470 e. The van der Waals surface area contributed by atoms with Gasteiger partial charge in [-0.2, -0.15) is 13.2 Å². The molecular formula is C15H21F3N2O3. The van der Waals surface area contributed by atoms with Crippen LogP contribution in [0.25, 0.3) is 0 Å². The summed E-state index contributed by atoms with van der Waals surface area (Å²) in [7, 11) is 1.78. The number of hydrogen-bond donors (Lipinski definition) is 2. The second kappa shape index (κ2) is 7.02. The van der Waals surface area contributed by atoms with Gasteiger partial charge in [-0.1, -0.05) is 19.4 Å². The molecule has 2 N–H and O–H groups in total. The molecule has 1 saturated heterocycles. The number of aromatic nitrogens is 1. The highest BCUT2D eigenvalue weighted by Gasteiger charge is 2.41. The van der Waals surface area contributed by atoms with E-state index in [1.807, 2.05) is 11.8 Å². The molecule has 0 saturated carbocycles. The molecule has 0 amide bonds. The Morgan fingerprint density at radius 2 is 2.00 bits per heavy atom. The Kier molecular flexibility index (Phi) is 5.49. The molecule has 2 rings (SSSR count). The lowest BCUT2D eigenvalue weighted by atomic mass is 9.91. The Morgan fingerprint density at radius 1 is 1.30 bits per heavy atom. The summed E-state index contributed by atoms with van der Waals surface area (Å²) in [5.74, 6) is -0.224. The van der Waals surface area contributed by atoms with E-state index >= 15 is 0 Å². The van der Waals surface area contributed by atoms with Crippen LogP contribution in [-0.2, 0) is 6.18 Å². The van der Waals surface area contributed by atoms with Gasteiger partial charge in [0.15, 0.2) is 0 Å². The van der Waals surface area contributed by atoms with Gasteiger partial charge in [0.2, 0.25) is 5.88 Å². The summed E-state index contributed by atoms with van der Waals surface area (Å²) in [6, 6.07) is 3.14. The van der Waals surface area contributed by atoms with Gasteiger partial charge in [-0.15, -0.1) is 0 Å². The summed E-state index contributed by atoms with van der Waals surface area (Å²) in [4.78, 5) is 5.27. The van der Waals surface area contributed by atoms with Crippen LogP contribution in [-0.4, -0.2) is 58.0 Å². The van der Waals surface area contributed by atoms with Gasteiger partial charge in [-0.3, -0.25) is 4.90 Å². The highest BCUT2D eigenvalue weighted by atomic mass is 19.4. The number of rotatable bonds is 4. The van der Waals surface area contributed by atoms with Gasteiger partial charge in [-0.05, 0) is 19.5 Å². The summed E-state index contributed by atoms with van der Waals surface area (Å²) >= 11 is 0. The highest BCUT2D eigenvalue weighted by molar-refractivity contribution is 5.18. The van der Waals surface area contributed by atoms with Gasteiger partial charge in [0.05, 0.1) is 6.10 Å². The van der Waals surface area contributed by atoms with Crippen molar-refractivity contribution in [2.75, 3.05) is 13.6 Å². The molecule has 130 valence electrons. The topological polar surface area (TPSA) is 65.8 Å². The van der Waals surface area contributed by atoms with Crippen LogP contribution in [0.5, 0.6) is 5.88 Å². The number of piperidine rings is 1. The first kappa shape index (κ1) is 18.0. The molecule has 8 heteroatoms. The quantitative estimate of drug-likeness (QED) is 0.877. The van der Waals surface area contributed by atoms with Crippen molar-refractivity contribution in [3.8, 4) is 5.88 Å². The molecule has 0 aliphatic carbocycles. The van der Waals surface area contributed by atoms with Crippen LogP contribution < -0.4 is 4.74 Å². The number of halogens is 3. The highest BCUT2D eigenvalue weighted by Crippen LogP contribution is 2.29. The molecule has 2 heterocycles. The maximum atomic E-state index is 12.7. The molecule has 0 radical (unpaired) electrons. The summed E-state index contributed by atoms with van der Waals surface area (Å²) in [6.07, 6.45) is -6.06. The number of likely N-dealkylation sites (N-methyl/N-ethyl adjacent to an activating group) is 1. The lowest BCUT2D eigenvalue weighted by Gasteiger charge is -2.43. The van der Waals surface area contributed by atoms with Crippen LogP contribution >= 0.6 is 0 Å². The lowest BCUT2D eigenvalue weighted by Crippen LogP contribution is -2.61. The van der Waals surface area contributed by atoms with E-state index in [-0.39, 0.29) is 11.9 Å². The van der Waals surface area contributed by atoms with Crippen molar-refractivity contribution in [1.29, 1.82) is 0 Å². The van der Waals surface area contributed by atoms with Crippen LogP contribution in [0.3, 0.4) is 0 Å². The van der Waals surface area contributed by atoms with E-state index < -0.39 is 30.2 Å².